The van der Waals surface area contributed by atoms with Crippen molar-refractivity contribution in [3.05, 3.63) is 0 Å². The Morgan fingerprint density at radius 1 is 1.06 bits per heavy atom. The van der Waals surface area contributed by atoms with Gasteiger partial charge in [-0.05, 0) is 25.7 Å². The highest BCUT2D eigenvalue weighted by atomic mass is 16.5. The van der Waals surface area contributed by atoms with E-state index in [0.29, 0.717) is 17.6 Å². The summed E-state index contributed by atoms with van der Waals surface area (Å²) in [5, 5.41) is 0. The average molecular weight is 254 g/mol. The number of ether oxygens (including phenoxy) is 1. The quantitative estimate of drug-likeness (QED) is 0.571. The minimum Gasteiger partial charge on any atom is -0.381 e. The van der Waals surface area contributed by atoms with Gasteiger partial charge in [-0.3, -0.25) is 4.79 Å². The van der Waals surface area contributed by atoms with E-state index in [1.807, 2.05) is 0 Å². The number of ketones is 1. The molecule has 0 bridgehead atoms. The van der Waals surface area contributed by atoms with Gasteiger partial charge in [0, 0.05) is 25.0 Å². The van der Waals surface area contributed by atoms with Crippen molar-refractivity contribution in [2.45, 2.75) is 71.6 Å². The summed E-state index contributed by atoms with van der Waals surface area (Å²) < 4.78 is 5.36. The van der Waals surface area contributed by atoms with Gasteiger partial charge >= 0.3 is 0 Å². The molecular weight excluding hydrogens is 224 g/mol. The van der Waals surface area contributed by atoms with Gasteiger partial charge in [-0.15, -0.1) is 0 Å². The van der Waals surface area contributed by atoms with Crippen LogP contribution < -0.4 is 0 Å². The predicted octanol–water partition coefficient (Wildman–Crippen LogP) is 4.37. The van der Waals surface area contributed by atoms with Crippen molar-refractivity contribution in [3.63, 3.8) is 0 Å². The first-order valence-corrected chi connectivity index (χ1v) is 7.91. The van der Waals surface area contributed by atoms with Crippen molar-refractivity contribution in [2.75, 3.05) is 13.2 Å². The molecule has 0 aromatic heterocycles. The fourth-order valence-electron chi connectivity index (χ4n) is 2.84. The molecule has 0 N–H and O–H groups in total. The Morgan fingerprint density at radius 3 is 2.28 bits per heavy atom. The molecule has 1 fully saturated rings. The van der Waals surface area contributed by atoms with Crippen LogP contribution in [0, 0.1) is 11.8 Å². The number of carbonyl (C=O) groups is 1. The summed E-state index contributed by atoms with van der Waals surface area (Å²) in [6.07, 6.45) is 10.3. The molecule has 0 spiro atoms. The summed E-state index contributed by atoms with van der Waals surface area (Å²) in [5.41, 5.74) is 0. The molecule has 2 nitrogen and oxygen atoms in total. The number of hydrogen-bond donors (Lipinski definition) is 0. The Bertz CT molecular complexity index is 219. The lowest BCUT2D eigenvalue weighted by Crippen LogP contribution is -2.29. The van der Waals surface area contributed by atoms with Crippen LogP contribution in [0.25, 0.3) is 0 Å². The van der Waals surface area contributed by atoms with Crippen LogP contribution in [-0.4, -0.2) is 19.0 Å². The maximum Gasteiger partial charge on any atom is 0.139 e. The van der Waals surface area contributed by atoms with Crippen LogP contribution >= 0.6 is 0 Å². The summed E-state index contributed by atoms with van der Waals surface area (Å²) in [4.78, 5) is 12.5. The van der Waals surface area contributed by atoms with E-state index in [0.717, 1.165) is 38.9 Å². The molecule has 106 valence electrons. The molecular formula is C16H30O2. The topological polar surface area (TPSA) is 26.3 Å². The Kier molecular flexibility index (Phi) is 8.32. The Balaban J connectivity index is 2.42. The molecule has 0 aliphatic carbocycles. The van der Waals surface area contributed by atoms with Crippen LogP contribution in [0.1, 0.15) is 71.6 Å². The minimum atomic E-state index is 0.294. The van der Waals surface area contributed by atoms with Crippen molar-refractivity contribution in [1.82, 2.24) is 0 Å². The third-order valence-electron chi connectivity index (χ3n) is 4.09. The average Bonchev–Trinajstić information content (AvgIpc) is 2.43. The summed E-state index contributed by atoms with van der Waals surface area (Å²) in [7, 11) is 0. The first kappa shape index (κ1) is 15.7. The first-order chi connectivity index (χ1) is 8.79. The fourth-order valence-corrected chi connectivity index (χ4v) is 2.84. The van der Waals surface area contributed by atoms with Crippen LogP contribution in [0.15, 0.2) is 0 Å². The van der Waals surface area contributed by atoms with Gasteiger partial charge in [-0.2, -0.15) is 0 Å². The molecule has 1 saturated heterocycles. The molecule has 1 aliphatic rings. The molecule has 0 amide bonds. The molecule has 1 atom stereocenters. The van der Waals surface area contributed by atoms with Crippen molar-refractivity contribution in [3.8, 4) is 0 Å². The van der Waals surface area contributed by atoms with Crippen LogP contribution in [0.5, 0.6) is 0 Å². The lowest BCUT2D eigenvalue weighted by Gasteiger charge is -2.25. The van der Waals surface area contributed by atoms with Gasteiger partial charge < -0.3 is 4.74 Å². The second kappa shape index (κ2) is 9.55. The third kappa shape index (κ3) is 5.51. The molecule has 18 heavy (non-hydrogen) atoms. The van der Waals surface area contributed by atoms with Gasteiger partial charge in [-0.1, -0.05) is 46.0 Å². The van der Waals surface area contributed by atoms with Crippen LogP contribution in [0.3, 0.4) is 0 Å². The van der Waals surface area contributed by atoms with Crippen LogP contribution in [0.2, 0.25) is 0 Å². The standard InChI is InChI=1S/C16H30O2/c1-3-5-7-9-14(8-6-4-2)16(17)15-10-12-18-13-11-15/h14-15H,3-13H2,1-2H3. The monoisotopic (exact) mass is 254 g/mol. The van der Waals surface area contributed by atoms with Gasteiger partial charge in [0.05, 0.1) is 0 Å². The lowest BCUT2D eigenvalue weighted by atomic mass is 9.82. The molecule has 0 saturated carbocycles. The molecule has 1 rings (SSSR count). The lowest BCUT2D eigenvalue weighted by molar-refractivity contribution is -0.130. The fraction of sp³-hybridized carbons (Fsp3) is 0.938. The van der Waals surface area contributed by atoms with E-state index in [4.69, 9.17) is 4.74 Å². The smallest absolute Gasteiger partial charge is 0.139 e. The van der Waals surface area contributed by atoms with Gasteiger partial charge in [0.2, 0.25) is 0 Å². The number of Topliss-reactive ketones (excluding diaryl/α,β-unsaturated/α-hetero) is 1. The zero-order valence-corrected chi connectivity index (χ0v) is 12.2. The highest BCUT2D eigenvalue weighted by molar-refractivity contribution is 5.83. The van der Waals surface area contributed by atoms with E-state index in [9.17, 15) is 4.79 Å². The number of hydrogen-bond acceptors (Lipinski definition) is 2. The summed E-state index contributed by atoms with van der Waals surface area (Å²) in [5.74, 6) is 1.17. The van der Waals surface area contributed by atoms with Crippen molar-refractivity contribution in [1.29, 1.82) is 0 Å². The Morgan fingerprint density at radius 2 is 1.67 bits per heavy atom. The van der Waals surface area contributed by atoms with E-state index in [1.165, 1.54) is 32.1 Å². The molecule has 0 aromatic carbocycles. The summed E-state index contributed by atoms with van der Waals surface area (Å²) in [6, 6.07) is 0. The molecule has 0 aromatic rings. The second-order valence-electron chi connectivity index (χ2n) is 5.62. The minimum absolute atomic E-state index is 0.294. The van der Waals surface area contributed by atoms with Crippen molar-refractivity contribution < 1.29 is 9.53 Å². The molecule has 1 heterocycles. The van der Waals surface area contributed by atoms with Gasteiger partial charge in [0.25, 0.3) is 0 Å². The normalized spacial score (nSPS) is 18.8. The number of unbranched alkanes of at least 4 members (excludes halogenated alkanes) is 3. The zero-order valence-electron chi connectivity index (χ0n) is 12.2. The van der Waals surface area contributed by atoms with E-state index in [2.05, 4.69) is 13.8 Å². The Labute approximate surface area is 112 Å². The largest absolute Gasteiger partial charge is 0.381 e. The molecule has 1 aliphatic heterocycles. The number of carbonyl (C=O) groups excluding carboxylic acids is 1. The SMILES string of the molecule is CCCCCC(CCCC)C(=O)C1CCOCC1. The van der Waals surface area contributed by atoms with Gasteiger partial charge in [0.1, 0.15) is 5.78 Å². The maximum atomic E-state index is 12.5. The zero-order chi connectivity index (χ0) is 13.2. The van der Waals surface area contributed by atoms with Gasteiger partial charge in [0.15, 0.2) is 0 Å². The highest BCUT2D eigenvalue weighted by Gasteiger charge is 2.27. The maximum absolute atomic E-state index is 12.5. The van der Waals surface area contributed by atoms with Crippen LogP contribution in [0.4, 0.5) is 0 Å². The van der Waals surface area contributed by atoms with Gasteiger partial charge in [-0.25, -0.2) is 0 Å². The molecule has 1 unspecified atom stereocenters. The van der Waals surface area contributed by atoms with Crippen LogP contribution in [-0.2, 0) is 9.53 Å². The predicted molar refractivity (Wildman–Crippen MR) is 75.7 cm³/mol. The summed E-state index contributed by atoms with van der Waals surface area (Å²) >= 11 is 0. The number of rotatable bonds is 9. The Hall–Kier alpha value is -0.370. The molecule has 2 heteroatoms. The second-order valence-corrected chi connectivity index (χ2v) is 5.62. The summed E-state index contributed by atoms with van der Waals surface area (Å²) in [6.45, 7) is 6.00. The van der Waals surface area contributed by atoms with E-state index < -0.39 is 0 Å². The first-order valence-electron chi connectivity index (χ1n) is 7.91. The van der Waals surface area contributed by atoms with Crippen molar-refractivity contribution in [2.24, 2.45) is 11.8 Å². The third-order valence-corrected chi connectivity index (χ3v) is 4.09. The van der Waals surface area contributed by atoms with E-state index >= 15 is 0 Å². The molecule has 0 radical (unpaired) electrons. The van der Waals surface area contributed by atoms with Crippen molar-refractivity contribution >= 4 is 5.78 Å². The van der Waals surface area contributed by atoms with E-state index in [-0.39, 0.29) is 0 Å². The van der Waals surface area contributed by atoms with E-state index in [1.54, 1.807) is 0 Å². The highest BCUT2D eigenvalue weighted by Crippen LogP contribution is 2.26.